The summed E-state index contributed by atoms with van der Waals surface area (Å²) in [5, 5.41) is 0. The summed E-state index contributed by atoms with van der Waals surface area (Å²) in [6.07, 6.45) is 6.17. The molecule has 1 aliphatic carbocycles. The third-order valence-electron chi connectivity index (χ3n) is 3.55. The Balaban J connectivity index is 2.45. The molecule has 3 nitrogen and oxygen atoms in total. The number of Topliss-reactive ketones (excluding diaryl/α,β-unsaturated/α-hetero) is 1. The second-order valence-corrected chi connectivity index (χ2v) is 5.79. The van der Waals surface area contributed by atoms with Crippen LogP contribution in [0.25, 0.3) is 5.57 Å². The maximum Gasteiger partial charge on any atom is 0.375 e. The molecule has 1 aliphatic rings. The van der Waals surface area contributed by atoms with Crippen LogP contribution in [0.15, 0.2) is 47.0 Å². The van der Waals surface area contributed by atoms with Crippen LogP contribution in [0.2, 0.25) is 0 Å². The molecule has 0 spiro atoms. The maximum atomic E-state index is 12.3. The van der Waals surface area contributed by atoms with Crippen molar-refractivity contribution in [1.29, 1.82) is 0 Å². The summed E-state index contributed by atoms with van der Waals surface area (Å²) in [4.78, 5) is 24.0. The van der Waals surface area contributed by atoms with E-state index < -0.39 is 17.2 Å². The molecular weight excluding hydrogens is 320 g/mol. The first-order valence-corrected chi connectivity index (χ1v) is 7.04. The molecule has 1 aromatic rings. The van der Waals surface area contributed by atoms with Gasteiger partial charge in [0, 0.05) is 4.47 Å². The SMILES string of the molecule is COC(=O)C(=O)C1(C)CC=CC=C1c1ccc(Br)cc1. The highest BCUT2D eigenvalue weighted by molar-refractivity contribution is 9.10. The summed E-state index contributed by atoms with van der Waals surface area (Å²) in [6, 6.07) is 7.69. The van der Waals surface area contributed by atoms with Crippen molar-refractivity contribution in [3.8, 4) is 0 Å². The van der Waals surface area contributed by atoms with E-state index in [1.165, 1.54) is 7.11 Å². The van der Waals surface area contributed by atoms with Gasteiger partial charge in [0.05, 0.1) is 12.5 Å². The van der Waals surface area contributed by atoms with E-state index in [1.807, 2.05) is 42.5 Å². The largest absolute Gasteiger partial charge is 0.463 e. The average Bonchev–Trinajstić information content (AvgIpc) is 2.47. The molecule has 0 fully saturated rings. The summed E-state index contributed by atoms with van der Waals surface area (Å²) < 4.78 is 5.55. The highest BCUT2D eigenvalue weighted by atomic mass is 79.9. The first-order valence-electron chi connectivity index (χ1n) is 6.25. The van der Waals surface area contributed by atoms with Crippen molar-refractivity contribution >= 4 is 33.3 Å². The summed E-state index contributed by atoms with van der Waals surface area (Å²) in [7, 11) is 1.23. The van der Waals surface area contributed by atoms with Crippen molar-refractivity contribution in [2.24, 2.45) is 5.41 Å². The van der Waals surface area contributed by atoms with Crippen molar-refractivity contribution in [1.82, 2.24) is 0 Å². The third-order valence-corrected chi connectivity index (χ3v) is 4.08. The number of benzene rings is 1. The van der Waals surface area contributed by atoms with E-state index >= 15 is 0 Å². The van der Waals surface area contributed by atoms with Gasteiger partial charge >= 0.3 is 5.97 Å². The van der Waals surface area contributed by atoms with Crippen molar-refractivity contribution in [3.05, 3.63) is 52.5 Å². The Labute approximate surface area is 126 Å². The predicted octanol–water partition coefficient (Wildman–Crippen LogP) is 3.54. The van der Waals surface area contributed by atoms with Crippen molar-refractivity contribution in [2.75, 3.05) is 7.11 Å². The van der Waals surface area contributed by atoms with Crippen LogP contribution in [0.3, 0.4) is 0 Å². The highest BCUT2D eigenvalue weighted by Crippen LogP contribution is 2.42. The van der Waals surface area contributed by atoms with Crippen molar-refractivity contribution in [3.63, 3.8) is 0 Å². The van der Waals surface area contributed by atoms with Gasteiger partial charge in [0.25, 0.3) is 5.78 Å². The Morgan fingerprint density at radius 1 is 1.25 bits per heavy atom. The molecule has 0 heterocycles. The predicted molar refractivity (Wildman–Crippen MR) is 81.0 cm³/mol. The standard InChI is InChI=1S/C16H15BrO3/c1-16(14(18)15(19)20-2)10-4-3-5-13(16)11-6-8-12(17)9-7-11/h3-9H,10H2,1-2H3. The minimum atomic E-state index is -0.879. The number of methoxy groups -OCH3 is 1. The lowest BCUT2D eigenvalue weighted by atomic mass is 9.70. The first kappa shape index (κ1) is 14.7. The van der Waals surface area contributed by atoms with Crippen molar-refractivity contribution in [2.45, 2.75) is 13.3 Å². The van der Waals surface area contributed by atoms with E-state index in [2.05, 4.69) is 20.7 Å². The number of esters is 1. The Bertz CT molecular complexity index is 599. The summed E-state index contributed by atoms with van der Waals surface area (Å²) in [5.41, 5.74) is 0.885. The number of hydrogen-bond acceptors (Lipinski definition) is 3. The molecule has 0 aromatic heterocycles. The van der Waals surface area contributed by atoms with E-state index in [9.17, 15) is 9.59 Å². The molecule has 4 heteroatoms. The molecule has 1 unspecified atom stereocenters. The molecule has 0 saturated heterocycles. The first-order chi connectivity index (χ1) is 9.49. The number of rotatable bonds is 3. The molecule has 104 valence electrons. The summed E-state index contributed by atoms with van der Waals surface area (Å²) in [5.74, 6) is -1.32. The van der Waals surface area contributed by atoms with Gasteiger partial charge in [-0.3, -0.25) is 4.79 Å². The van der Waals surface area contributed by atoms with Crippen LogP contribution < -0.4 is 0 Å². The normalized spacial score (nSPS) is 21.2. The third kappa shape index (κ3) is 2.61. The molecule has 0 bridgehead atoms. The van der Waals surface area contributed by atoms with Crippen LogP contribution in [0.4, 0.5) is 0 Å². The Morgan fingerprint density at radius 2 is 1.90 bits per heavy atom. The number of carbonyl (C=O) groups is 2. The van der Waals surface area contributed by atoms with Gasteiger partial charge in [0.1, 0.15) is 0 Å². The lowest BCUT2D eigenvalue weighted by molar-refractivity contribution is -0.154. The number of carbonyl (C=O) groups excluding carboxylic acids is 2. The van der Waals surface area contributed by atoms with Gasteiger partial charge in [-0.05, 0) is 36.6 Å². The molecule has 0 saturated carbocycles. The van der Waals surface area contributed by atoms with E-state index in [0.29, 0.717) is 6.42 Å². The zero-order chi connectivity index (χ0) is 14.8. The molecule has 2 rings (SSSR count). The molecule has 20 heavy (non-hydrogen) atoms. The van der Waals surface area contributed by atoms with Gasteiger partial charge in [-0.2, -0.15) is 0 Å². The number of ether oxygens (including phenoxy) is 1. The van der Waals surface area contributed by atoms with Crippen LogP contribution in [0.5, 0.6) is 0 Å². The summed E-state index contributed by atoms with van der Waals surface area (Å²) in [6.45, 7) is 1.78. The van der Waals surface area contributed by atoms with Gasteiger partial charge < -0.3 is 4.74 Å². The molecule has 0 radical (unpaired) electrons. The number of allylic oxidation sites excluding steroid dienone is 4. The van der Waals surface area contributed by atoms with E-state index in [0.717, 1.165) is 15.6 Å². The maximum absolute atomic E-state index is 12.3. The zero-order valence-corrected chi connectivity index (χ0v) is 12.9. The fraction of sp³-hybridized carbons (Fsp3) is 0.250. The molecule has 0 N–H and O–H groups in total. The molecule has 1 aromatic carbocycles. The quantitative estimate of drug-likeness (QED) is 0.627. The monoisotopic (exact) mass is 334 g/mol. The number of ketones is 1. The second-order valence-electron chi connectivity index (χ2n) is 4.87. The van der Waals surface area contributed by atoms with Gasteiger partial charge in [-0.15, -0.1) is 0 Å². The van der Waals surface area contributed by atoms with Gasteiger partial charge in [0.15, 0.2) is 0 Å². The minimum absolute atomic E-state index is 0.489. The average molecular weight is 335 g/mol. The molecule has 0 amide bonds. The lowest BCUT2D eigenvalue weighted by Gasteiger charge is -2.31. The van der Waals surface area contributed by atoms with Crippen molar-refractivity contribution < 1.29 is 14.3 Å². The zero-order valence-electron chi connectivity index (χ0n) is 11.4. The van der Waals surface area contributed by atoms with Crippen LogP contribution in [-0.2, 0) is 14.3 Å². The van der Waals surface area contributed by atoms with E-state index in [1.54, 1.807) is 6.92 Å². The Kier molecular flexibility index (Phi) is 4.23. The topological polar surface area (TPSA) is 43.4 Å². The van der Waals surface area contributed by atoms with Crippen LogP contribution in [-0.4, -0.2) is 18.9 Å². The fourth-order valence-electron chi connectivity index (χ4n) is 2.34. The molecular formula is C16H15BrO3. The van der Waals surface area contributed by atoms with Crippen LogP contribution in [0.1, 0.15) is 18.9 Å². The number of halogens is 1. The molecule has 0 aliphatic heterocycles. The van der Waals surface area contributed by atoms with Crippen LogP contribution >= 0.6 is 15.9 Å². The van der Waals surface area contributed by atoms with Gasteiger partial charge in [-0.1, -0.05) is 46.3 Å². The smallest absolute Gasteiger partial charge is 0.375 e. The van der Waals surface area contributed by atoms with Crippen LogP contribution in [0, 0.1) is 5.41 Å². The number of hydrogen-bond donors (Lipinski definition) is 0. The van der Waals surface area contributed by atoms with Gasteiger partial charge in [0.2, 0.25) is 0 Å². The fourth-order valence-corrected chi connectivity index (χ4v) is 2.60. The lowest BCUT2D eigenvalue weighted by Crippen LogP contribution is -2.36. The van der Waals surface area contributed by atoms with Gasteiger partial charge in [-0.25, -0.2) is 4.79 Å². The van der Waals surface area contributed by atoms with E-state index in [-0.39, 0.29) is 0 Å². The Morgan fingerprint density at radius 3 is 2.50 bits per heavy atom. The molecule has 1 atom stereocenters. The summed E-state index contributed by atoms with van der Waals surface area (Å²) >= 11 is 3.39. The highest BCUT2D eigenvalue weighted by Gasteiger charge is 2.42. The minimum Gasteiger partial charge on any atom is -0.463 e. The Hall–Kier alpha value is -1.68. The second kappa shape index (κ2) is 5.75. The van der Waals surface area contributed by atoms with E-state index in [4.69, 9.17) is 0 Å².